The van der Waals surface area contributed by atoms with Gasteiger partial charge in [-0.1, -0.05) is 12.1 Å². The largest absolute Gasteiger partial charge is 0.460 e. The minimum atomic E-state index is -0.353. The third-order valence-corrected chi connectivity index (χ3v) is 2.32. The van der Waals surface area contributed by atoms with Crippen LogP contribution in [-0.2, 0) is 20.8 Å². The van der Waals surface area contributed by atoms with Gasteiger partial charge in [0.25, 0.3) is 0 Å². The molecule has 0 aliphatic rings. The summed E-state index contributed by atoms with van der Waals surface area (Å²) < 4.78 is 15.0. The number of carbonyl (C=O) groups is 1. The second-order valence-corrected chi connectivity index (χ2v) is 3.64. The summed E-state index contributed by atoms with van der Waals surface area (Å²) >= 11 is 0. The van der Waals surface area contributed by atoms with E-state index in [9.17, 15) is 4.79 Å². The maximum atomic E-state index is 11.6. The smallest absolute Gasteiger partial charge is 0.338 e. The Morgan fingerprint density at radius 1 is 1.11 bits per heavy atom. The quantitative estimate of drug-likeness (QED) is 0.552. The summed E-state index contributed by atoms with van der Waals surface area (Å²) in [5.41, 5.74) is 6.97. The Morgan fingerprint density at radius 2 is 1.78 bits per heavy atom. The monoisotopic (exact) mass is 253 g/mol. The van der Waals surface area contributed by atoms with E-state index < -0.39 is 0 Å². The van der Waals surface area contributed by atoms with Crippen molar-refractivity contribution >= 4 is 5.97 Å². The van der Waals surface area contributed by atoms with Crippen LogP contribution >= 0.6 is 0 Å². The lowest BCUT2D eigenvalue weighted by Crippen LogP contribution is -2.12. The van der Waals surface area contributed by atoms with Crippen LogP contribution in [0.2, 0.25) is 0 Å². The van der Waals surface area contributed by atoms with E-state index in [0.717, 1.165) is 5.56 Å². The van der Waals surface area contributed by atoms with E-state index in [2.05, 4.69) is 0 Å². The molecule has 5 heteroatoms. The van der Waals surface area contributed by atoms with E-state index in [4.69, 9.17) is 19.9 Å². The first-order valence-electron chi connectivity index (χ1n) is 5.80. The third-order valence-electron chi connectivity index (χ3n) is 2.32. The van der Waals surface area contributed by atoms with E-state index in [1.807, 2.05) is 12.1 Å². The van der Waals surface area contributed by atoms with Crippen molar-refractivity contribution < 1.29 is 19.0 Å². The Hall–Kier alpha value is -1.43. The molecule has 0 bridgehead atoms. The van der Waals surface area contributed by atoms with Crippen molar-refractivity contribution in [3.05, 3.63) is 35.4 Å². The lowest BCUT2D eigenvalue weighted by Gasteiger charge is -2.06. The van der Waals surface area contributed by atoms with E-state index in [0.29, 0.717) is 31.9 Å². The number of esters is 1. The van der Waals surface area contributed by atoms with Gasteiger partial charge in [-0.2, -0.15) is 0 Å². The minimum absolute atomic E-state index is 0.237. The van der Waals surface area contributed by atoms with Crippen LogP contribution in [0.25, 0.3) is 0 Å². The van der Waals surface area contributed by atoms with Crippen molar-refractivity contribution in [2.24, 2.45) is 5.73 Å². The molecule has 2 N–H and O–H groups in total. The molecule has 5 nitrogen and oxygen atoms in total. The molecule has 0 radical (unpaired) electrons. The summed E-state index contributed by atoms with van der Waals surface area (Å²) in [6, 6.07) is 7.03. The lowest BCUT2D eigenvalue weighted by atomic mass is 10.1. The van der Waals surface area contributed by atoms with E-state index in [-0.39, 0.29) is 12.6 Å². The van der Waals surface area contributed by atoms with Gasteiger partial charge in [-0.05, 0) is 17.7 Å². The minimum Gasteiger partial charge on any atom is -0.460 e. The number of ether oxygens (including phenoxy) is 3. The molecule has 0 unspecified atom stereocenters. The second-order valence-electron chi connectivity index (χ2n) is 3.64. The normalized spacial score (nSPS) is 10.3. The third kappa shape index (κ3) is 5.27. The van der Waals surface area contributed by atoms with Gasteiger partial charge in [0.1, 0.15) is 6.61 Å². The van der Waals surface area contributed by atoms with Crippen molar-refractivity contribution in [1.82, 2.24) is 0 Å². The molecule has 0 fully saturated rings. The Labute approximate surface area is 107 Å². The summed E-state index contributed by atoms with van der Waals surface area (Å²) in [5.74, 6) is -0.353. The van der Waals surface area contributed by atoms with E-state index in [1.54, 1.807) is 19.2 Å². The molecule has 0 aliphatic heterocycles. The SMILES string of the molecule is COCCOCCOC(=O)c1ccc(CN)cc1. The van der Waals surface area contributed by atoms with Gasteiger partial charge in [0.2, 0.25) is 0 Å². The van der Waals surface area contributed by atoms with Gasteiger partial charge in [0, 0.05) is 13.7 Å². The number of benzene rings is 1. The Balaban J connectivity index is 2.23. The van der Waals surface area contributed by atoms with Crippen LogP contribution in [0.5, 0.6) is 0 Å². The van der Waals surface area contributed by atoms with Crippen molar-refractivity contribution in [3.63, 3.8) is 0 Å². The first-order valence-corrected chi connectivity index (χ1v) is 5.80. The van der Waals surface area contributed by atoms with Crippen molar-refractivity contribution in [2.45, 2.75) is 6.54 Å². The predicted molar refractivity (Wildman–Crippen MR) is 67.3 cm³/mol. The van der Waals surface area contributed by atoms with Gasteiger partial charge in [-0.3, -0.25) is 0 Å². The molecule has 0 spiro atoms. The van der Waals surface area contributed by atoms with Crippen LogP contribution in [0, 0.1) is 0 Å². The second kappa shape index (κ2) is 8.63. The molecule has 100 valence electrons. The zero-order valence-electron chi connectivity index (χ0n) is 10.6. The van der Waals surface area contributed by atoms with Gasteiger partial charge in [-0.25, -0.2) is 4.79 Å². The molecule has 18 heavy (non-hydrogen) atoms. The lowest BCUT2D eigenvalue weighted by molar-refractivity contribution is 0.0214. The topological polar surface area (TPSA) is 70.8 Å². The maximum absolute atomic E-state index is 11.6. The van der Waals surface area contributed by atoms with E-state index >= 15 is 0 Å². The first kappa shape index (κ1) is 14.6. The van der Waals surface area contributed by atoms with Crippen LogP contribution in [-0.4, -0.2) is 39.5 Å². The summed E-state index contributed by atoms with van der Waals surface area (Å²) in [6.07, 6.45) is 0. The van der Waals surface area contributed by atoms with Crippen LogP contribution in [0.4, 0.5) is 0 Å². The number of rotatable bonds is 8. The van der Waals surface area contributed by atoms with Gasteiger partial charge < -0.3 is 19.9 Å². The summed E-state index contributed by atoms with van der Waals surface area (Å²) in [6.45, 7) is 2.10. The summed E-state index contributed by atoms with van der Waals surface area (Å²) in [5, 5.41) is 0. The van der Waals surface area contributed by atoms with Gasteiger partial charge in [0.05, 0.1) is 25.4 Å². The molecule has 0 saturated carbocycles. The molecule has 0 heterocycles. The molecule has 0 atom stereocenters. The Bertz CT molecular complexity index is 351. The van der Waals surface area contributed by atoms with Crippen molar-refractivity contribution in [1.29, 1.82) is 0 Å². The molecular formula is C13H19NO4. The van der Waals surface area contributed by atoms with Gasteiger partial charge in [0.15, 0.2) is 0 Å². The number of carbonyl (C=O) groups excluding carboxylic acids is 1. The average Bonchev–Trinajstić information content (AvgIpc) is 2.42. The fourth-order valence-corrected chi connectivity index (χ4v) is 1.30. The number of nitrogens with two attached hydrogens (primary N) is 1. The Kier molecular flexibility index (Phi) is 7.01. The molecule has 1 aromatic rings. The molecule has 0 aromatic heterocycles. The number of hydrogen-bond donors (Lipinski definition) is 1. The zero-order valence-corrected chi connectivity index (χ0v) is 10.6. The Morgan fingerprint density at radius 3 is 2.39 bits per heavy atom. The van der Waals surface area contributed by atoms with E-state index in [1.165, 1.54) is 0 Å². The molecule has 0 aliphatic carbocycles. The predicted octanol–water partition coefficient (Wildman–Crippen LogP) is 0.965. The van der Waals surface area contributed by atoms with Crippen LogP contribution in [0.15, 0.2) is 24.3 Å². The van der Waals surface area contributed by atoms with Crippen molar-refractivity contribution in [3.8, 4) is 0 Å². The molecule has 0 amide bonds. The fraction of sp³-hybridized carbons (Fsp3) is 0.462. The zero-order chi connectivity index (χ0) is 13.2. The number of hydrogen-bond acceptors (Lipinski definition) is 5. The van der Waals surface area contributed by atoms with Crippen LogP contribution in [0.3, 0.4) is 0 Å². The van der Waals surface area contributed by atoms with Crippen LogP contribution < -0.4 is 5.73 Å². The van der Waals surface area contributed by atoms with Crippen molar-refractivity contribution in [2.75, 3.05) is 33.5 Å². The summed E-state index contributed by atoms with van der Waals surface area (Å²) in [4.78, 5) is 11.6. The van der Waals surface area contributed by atoms with Gasteiger partial charge in [-0.15, -0.1) is 0 Å². The molecule has 0 saturated heterocycles. The molecule has 1 aromatic carbocycles. The van der Waals surface area contributed by atoms with Gasteiger partial charge >= 0.3 is 5.97 Å². The summed E-state index contributed by atoms with van der Waals surface area (Å²) in [7, 11) is 1.61. The maximum Gasteiger partial charge on any atom is 0.338 e. The fourth-order valence-electron chi connectivity index (χ4n) is 1.30. The molecular weight excluding hydrogens is 234 g/mol. The highest BCUT2D eigenvalue weighted by Crippen LogP contribution is 2.05. The standard InChI is InChI=1S/C13H19NO4/c1-16-6-7-17-8-9-18-13(15)12-4-2-11(10-14)3-5-12/h2-5H,6-10,14H2,1H3. The highest BCUT2D eigenvalue weighted by Gasteiger charge is 2.06. The first-order chi connectivity index (χ1) is 8.77. The average molecular weight is 253 g/mol. The van der Waals surface area contributed by atoms with Crippen LogP contribution in [0.1, 0.15) is 15.9 Å². The highest BCUT2D eigenvalue weighted by molar-refractivity contribution is 5.89. The molecule has 1 rings (SSSR count). The highest BCUT2D eigenvalue weighted by atomic mass is 16.6. The number of methoxy groups -OCH3 is 1.